The molecule has 4 rings (SSSR count). The Kier molecular flexibility index (Phi) is 2.79. The molecule has 22 heavy (non-hydrogen) atoms. The number of rotatable bonds is 2. The maximum atomic E-state index is 6.25. The van der Waals surface area contributed by atoms with Crippen LogP contribution < -0.4 is 5.73 Å². The van der Waals surface area contributed by atoms with E-state index in [9.17, 15) is 0 Å². The van der Waals surface area contributed by atoms with Crippen LogP contribution in [0.3, 0.4) is 0 Å². The van der Waals surface area contributed by atoms with Crippen molar-refractivity contribution in [2.75, 3.05) is 5.73 Å². The highest BCUT2D eigenvalue weighted by molar-refractivity contribution is 6.19. The van der Waals surface area contributed by atoms with Gasteiger partial charge in [0, 0.05) is 22.7 Å². The molecule has 2 aromatic carbocycles. The van der Waals surface area contributed by atoms with Gasteiger partial charge in [-0.3, -0.25) is 4.68 Å². The van der Waals surface area contributed by atoms with Crippen molar-refractivity contribution < 1.29 is 0 Å². The van der Waals surface area contributed by atoms with Gasteiger partial charge >= 0.3 is 0 Å². The molecule has 110 valence electrons. The van der Waals surface area contributed by atoms with Gasteiger partial charge in [-0.2, -0.15) is 5.10 Å². The largest absolute Gasteiger partial charge is 0.383 e. The van der Waals surface area contributed by atoms with E-state index < -0.39 is 0 Å². The molecule has 0 aliphatic rings. The predicted octanol–water partition coefficient (Wildman–Crippen LogP) is 3.98. The van der Waals surface area contributed by atoms with Crippen LogP contribution in [0.1, 0.15) is 13.8 Å². The Labute approximate surface area is 128 Å². The molecule has 2 aromatic heterocycles. The van der Waals surface area contributed by atoms with Crippen LogP contribution in [0.2, 0.25) is 0 Å². The van der Waals surface area contributed by atoms with Gasteiger partial charge in [0.1, 0.15) is 5.82 Å². The number of nitrogens with zero attached hydrogens (tertiary/aromatic N) is 3. The summed E-state index contributed by atoms with van der Waals surface area (Å²) in [6, 6.07) is 12.4. The highest BCUT2D eigenvalue weighted by Gasteiger charge is 2.13. The molecule has 0 fully saturated rings. The van der Waals surface area contributed by atoms with Gasteiger partial charge in [-0.05, 0) is 23.4 Å². The SMILES string of the molecule is CC(C)Cn1ncc2c3c(N)nc4ccccc4c3ccc21. The Balaban J connectivity index is 2.12. The van der Waals surface area contributed by atoms with E-state index in [1.165, 1.54) is 0 Å². The van der Waals surface area contributed by atoms with Crippen molar-refractivity contribution in [3.8, 4) is 0 Å². The van der Waals surface area contributed by atoms with Crippen molar-refractivity contribution >= 4 is 38.4 Å². The highest BCUT2D eigenvalue weighted by Crippen LogP contribution is 2.33. The summed E-state index contributed by atoms with van der Waals surface area (Å²) in [5, 5.41) is 8.89. The maximum Gasteiger partial charge on any atom is 0.132 e. The number of nitrogens with two attached hydrogens (primary N) is 1. The molecule has 2 N–H and O–H groups in total. The molecule has 0 spiro atoms. The Morgan fingerprint density at radius 3 is 2.68 bits per heavy atom. The van der Waals surface area contributed by atoms with Gasteiger partial charge in [0.25, 0.3) is 0 Å². The van der Waals surface area contributed by atoms with E-state index in [-0.39, 0.29) is 0 Å². The fraction of sp³-hybridized carbons (Fsp3) is 0.222. The summed E-state index contributed by atoms with van der Waals surface area (Å²) < 4.78 is 2.05. The second-order valence-electron chi connectivity index (χ2n) is 6.16. The molecule has 0 amide bonds. The minimum Gasteiger partial charge on any atom is -0.383 e. The summed E-state index contributed by atoms with van der Waals surface area (Å²) >= 11 is 0. The average molecular weight is 290 g/mol. The van der Waals surface area contributed by atoms with Crippen molar-refractivity contribution in [3.05, 3.63) is 42.6 Å². The zero-order valence-corrected chi connectivity index (χ0v) is 12.7. The number of fused-ring (bicyclic) bond motifs is 5. The molecule has 0 aliphatic heterocycles. The smallest absolute Gasteiger partial charge is 0.132 e. The number of hydrogen-bond acceptors (Lipinski definition) is 3. The zero-order chi connectivity index (χ0) is 15.3. The van der Waals surface area contributed by atoms with E-state index in [4.69, 9.17) is 5.73 Å². The van der Waals surface area contributed by atoms with Crippen LogP contribution in [0.15, 0.2) is 42.6 Å². The number of aromatic nitrogens is 3. The molecule has 0 aliphatic carbocycles. The van der Waals surface area contributed by atoms with Crippen molar-refractivity contribution in [2.45, 2.75) is 20.4 Å². The summed E-state index contributed by atoms with van der Waals surface area (Å²) in [6.07, 6.45) is 1.91. The van der Waals surface area contributed by atoms with Crippen LogP contribution in [0.4, 0.5) is 5.82 Å². The first kappa shape index (κ1) is 13.1. The van der Waals surface area contributed by atoms with E-state index >= 15 is 0 Å². The minimum absolute atomic E-state index is 0.547. The first-order chi connectivity index (χ1) is 10.6. The van der Waals surface area contributed by atoms with E-state index in [1.54, 1.807) is 0 Å². The summed E-state index contributed by atoms with van der Waals surface area (Å²) in [7, 11) is 0. The normalized spacial score (nSPS) is 12.0. The molecular weight excluding hydrogens is 272 g/mol. The molecule has 0 unspecified atom stereocenters. The van der Waals surface area contributed by atoms with Gasteiger partial charge in [-0.25, -0.2) is 4.98 Å². The molecule has 0 radical (unpaired) electrons. The predicted molar refractivity (Wildman–Crippen MR) is 91.8 cm³/mol. The lowest BCUT2D eigenvalue weighted by atomic mass is 10.0. The lowest BCUT2D eigenvalue weighted by Crippen LogP contribution is -2.05. The second kappa shape index (κ2) is 4.70. The van der Waals surface area contributed by atoms with Crippen LogP contribution in [-0.4, -0.2) is 14.8 Å². The molecule has 4 aromatic rings. The lowest BCUT2D eigenvalue weighted by molar-refractivity contribution is 0.495. The maximum absolute atomic E-state index is 6.25. The summed E-state index contributed by atoms with van der Waals surface area (Å²) in [5.41, 5.74) is 8.30. The zero-order valence-electron chi connectivity index (χ0n) is 12.7. The molecule has 0 saturated heterocycles. The standard InChI is InChI=1S/C18H18N4/c1-11(2)10-22-16-8-7-13-12-5-3-4-6-15(12)21-18(19)17(13)14(16)9-20-22/h3-9,11H,10H2,1-2H3,(H2,19,21). The fourth-order valence-electron chi connectivity index (χ4n) is 3.13. The van der Waals surface area contributed by atoms with Crippen molar-refractivity contribution in [3.63, 3.8) is 0 Å². The fourth-order valence-corrected chi connectivity index (χ4v) is 3.13. The van der Waals surface area contributed by atoms with Gasteiger partial charge in [0.15, 0.2) is 0 Å². The van der Waals surface area contributed by atoms with Gasteiger partial charge in [-0.15, -0.1) is 0 Å². The monoisotopic (exact) mass is 290 g/mol. The van der Waals surface area contributed by atoms with Crippen LogP contribution >= 0.6 is 0 Å². The first-order valence-electron chi connectivity index (χ1n) is 7.57. The van der Waals surface area contributed by atoms with E-state index in [0.717, 1.165) is 39.1 Å². The Hall–Kier alpha value is -2.62. The third kappa shape index (κ3) is 1.84. The van der Waals surface area contributed by atoms with Crippen molar-refractivity contribution in [1.29, 1.82) is 0 Å². The topological polar surface area (TPSA) is 56.7 Å². The highest BCUT2D eigenvalue weighted by atomic mass is 15.3. The van der Waals surface area contributed by atoms with Crippen molar-refractivity contribution in [2.24, 2.45) is 5.92 Å². The van der Waals surface area contributed by atoms with Gasteiger partial charge in [0.2, 0.25) is 0 Å². The van der Waals surface area contributed by atoms with Crippen LogP contribution in [-0.2, 0) is 6.54 Å². The Morgan fingerprint density at radius 1 is 1.05 bits per heavy atom. The Bertz CT molecular complexity index is 998. The van der Waals surface area contributed by atoms with Gasteiger partial charge < -0.3 is 5.73 Å². The number of para-hydroxylation sites is 1. The third-order valence-electron chi connectivity index (χ3n) is 4.06. The molecule has 0 atom stereocenters. The van der Waals surface area contributed by atoms with Crippen LogP contribution in [0.25, 0.3) is 32.6 Å². The molecular formula is C18H18N4. The molecule has 4 nitrogen and oxygen atoms in total. The van der Waals surface area contributed by atoms with Gasteiger partial charge in [-0.1, -0.05) is 38.1 Å². The molecule has 0 bridgehead atoms. The molecule has 2 heterocycles. The quantitative estimate of drug-likeness (QED) is 0.568. The van der Waals surface area contributed by atoms with E-state index in [1.807, 2.05) is 29.1 Å². The first-order valence-corrected chi connectivity index (χ1v) is 7.57. The van der Waals surface area contributed by atoms with Crippen molar-refractivity contribution in [1.82, 2.24) is 14.8 Å². The Morgan fingerprint density at radius 2 is 1.86 bits per heavy atom. The number of pyridine rings is 1. The third-order valence-corrected chi connectivity index (χ3v) is 4.06. The lowest BCUT2D eigenvalue weighted by Gasteiger charge is -2.09. The second-order valence-corrected chi connectivity index (χ2v) is 6.16. The number of hydrogen-bond donors (Lipinski definition) is 1. The van der Waals surface area contributed by atoms with Crippen LogP contribution in [0, 0.1) is 5.92 Å². The minimum atomic E-state index is 0.547. The van der Waals surface area contributed by atoms with E-state index in [0.29, 0.717) is 11.7 Å². The summed E-state index contributed by atoms with van der Waals surface area (Å²) in [5.74, 6) is 1.12. The van der Waals surface area contributed by atoms with Crippen LogP contribution in [0.5, 0.6) is 0 Å². The molecule has 4 heteroatoms. The number of anilines is 1. The number of benzene rings is 2. The molecule has 0 saturated carbocycles. The summed E-state index contributed by atoms with van der Waals surface area (Å²) in [4.78, 5) is 4.56. The van der Waals surface area contributed by atoms with E-state index in [2.05, 4.69) is 42.1 Å². The number of nitrogen functional groups attached to an aromatic ring is 1. The average Bonchev–Trinajstić information content (AvgIpc) is 2.89. The summed E-state index contributed by atoms with van der Waals surface area (Å²) in [6.45, 7) is 5.28. The van der Waals surface area contributed by atoms with Gasteiger partial charge in [0.05, 0.1) is 17.2 Å².